The van der Waals surface area contributed by atoms with Gasteiger partial charge in [-0.1, -0.05) is 178 Å². The van der Waals surface area contributed by atoms with E-state index in [0.717, 1.165) is 56.4 Å². The van der Waals surface area contributed by atoms with Crippen LogP contribution in [0.4, 0.5) is 0 Å². The first-order chi connectivity index (χ1) is 29.2. The fourth-order valence-corrected chi connectivity index (χ4v) is 9.72. The minimum atomic E-state index is -1.37. The Hall–Kier alpha value is -4.93. The minimum Gasteiger partial charge on any atom is -0.501 e. The summed E-state index contributed by atoms with van der Waals surface area (Å²) in [7, 11) is -1.37. The van der Waals surface area contributed by atoms with E-state index in [0.29, 0.717) is 0 Å². The standard InChI is InChI=1S/C39H38NO.C19H26NSi.Ir/c1-25(26-12-9-8-10-13-26)27-18-19-40-35(22-27)34-15-11-14-33-32-17-16-28(23-36(32)41-37(33)34)29-20-30(38(2,3)4)24-31(21-29)39(5,6)7;1-19(2,3)13-16-12-17(15-10-8-7-9-11-15)20-14-18(16)21(4,5)6;/h8-14,16-25H,1-7H3;7-10,12,14H,13H2,1-6H3;/q2*-1;. The van der Waals surface area contributed by atoms with Gasteiger partial charge in [-0.3, -0.25) is 0 Å². The number of hydrogen-bond donors (Lipinski definition) is 0. The average Bonchev–Trinajstić information content (AvgIpc) is 3.61. The van der Waals surface area contributed by atoms with E-state index in [2.05, 4.69) is 204 Å². The summed E-state index contributed by atoms with van der Waals surface area (Å²) in [6, 6.07) is 49.7. The molecule has 3 nitrogen and oxygen atoms in total. The number of benzene rings is 5. The van der Waals surface area contributed by atoms with Crippen molar-refractivity contribution in [1.29, 1.82) is 0 Å². The monoisotopic (exact) mass is 1030 g/mol. The summed E-state index contributed by atoms with van der Waals surface area (Å²) >= 11 is 0. The number of hydrogen-bond acceptors (Lipinski definition) is 3. The largest absolute Gasteiger partial charge is 0.501 e. The number of fused-ring (bicyclic) bond motifs is 3. The van der Waals surface area contributed by atoms with Crippen LogP contribution < -0.4 is 5.19 Å². The predicted octanol–water partition coefficient (Wildman–Crippen LogP) is 15.5. The van der Waals surface area contributed by atoms with E-state index in [4.69, 9.17) is 14.4 Å². The molecule has 1 radical (unpaired) electrons. The summed E-state index contributed by atoms with van der Waals surface area (Å²) in [6.45, 7) is 30.0. The van der Waals surface area contributed by atoms with Gasteiger partial charge < -0.3 is 14.4 Å². The molecule has 1 unspecified atom stereocenters. The third kappa shape index (κ3) is 11.2. The van der Waals surface area contributed by atoms with Crippen molar-refractivity contribution in [2.75, 3.05) is 0 Å². The molecule has 0 saturated heterocycles. The molecule has 0 N–H and O–H groups in total. The van der Waals surface area contributed by atoms with Gasteiger partial charge in [-0.25, -0.2) is 0 Å². The molecule has 63 heavy (non-hydrogen) atoms. The Balaban J connectivity index is 0.000000254. The molecule has 0 aliphatic rings. The molecule has 3 heterocycles. The first-order valence-electron chi connectivity index (χ1n) is 22.2. The van der Waals surface area contributed by atoms with Gasteiger partial charge in [0.05, 0.1) is 13.7 Å². The number of nitrogens with zero attached hydrogens (tertiary/aromatic N) is 2. The molecule has 0 spiro atoms. The van der Waals surface area contributed by atoms with E-state index in [9.17, 15) is 0 Å². The normalized spacial score (nSPS) is 12.7. The van der Waals surface area contributed by atoms with Crippen LogP contribution in [-0.4, -0.2) is 18.0 Å². The van der Waals surface area contributed by atoms with Crippen molar-refractivity contribution in [1.82, 2.24) is 9.97 Å². The Morgan fingerprint density at radius 1 is 0.619 bits per heavy atom. The first kappa shape index (κ1) is 47.5. The van der Waals surface area contributed by atoms with Gasteiger partial charge in [-0.05, 0) is 84.8 Å². The number of rotatable bonds is 7. The topological polar surface area (TPSA) is 38.9 Å². The third-order valence-electron chi connectivity index (χ3n) is 11.8. The van der Waals surface area contributed by atoms with Gasteiger partial charge in [0.2, 0.25) is 0 Å². The van der Waals surface area contributed by atoms with Gasteiger partial charge in [0.15, 0.2) is 0 Å². The summed E-state index contributed by atoms with van der Waals surface area (Å²) in [5, 5.41) is 3.68. The smallest absolute Gasteiger partial charge is 0.121 e. The maximum Gasteiger partial charge on any atom is 0.121 e. The van der Waals surface area contributed by atoms with Gasteiger partial charge in [-0.15, -0.1) is 54.1 Å². The first-order valence-corrected chi connectivity index (χ1v) is 25.7. The van der Waals surface area contributed by atoms with Crippen LogP contribution in [0.5, 0.6) is 0 Å². The molecule has 1 atom stereocenters. The Labute approximate surface area is 392 Å². The molecule has 0 amide bonds. The van der Waals surface area contributed by atoms with E-state index >= 15 is 0 Å². The van der Waals surface area contributed by atoms with E-state index in [1.165, 1.54) is 38.6 Å². The number of aromatic nitrogens is 2. The van der Waals surface area contributed by atoms with Crippen molar-refractivity contribution in [3.63, 3.8) is 0 Å². The molecule has 0 fully saturated rings. The van der Waals surface area contributed by atoms with Gasteiger partial charge in [-0.2, -0.15) is 0 Å². The van der Waals surface area contributed by atoms with Gasteiger partial charge in [0, 0.05) is 43.8 Å². The van der Waals surface area contributed by atoms with Crippen molar-refractivity contribution in [2.24, 2.45) is 5.41 Å². The predicted molar refractivity (Wildman–Crippen MR) is 267 cm³/mol. The van der Waals surface area contributed by atoms with E-state index in [1.54, 1.807) is 0 Å². The molecule has 0 aliphatic heterocycles. The molecule has 8 aromatic rings. The molecule has 0 saturated carbocycles. The molecule has 3 aromatic heterocycles. The van der Waals surface area contributed by atoms with Crippen molar-refractivity contribution in [3.05, 3.63) is 174 Å². The molecule has 0 bridgehead atoms. The second kappa shape index (κ2) is 18.7. The number of furan rings is 1. The zero-order valence-corrected chi connectivity index (χ0v) is 43.0. The second-order valence-electron chi connectivity index (χ2n) is 21.3. The van der Waals surface area contributed by atoms with E-state index in [-0.39, 0.29) is 42.3 Å². The van der Waals surface area contributed by atoms with Crippen molar-refractivity contribution in [2.45, 2.75) is 112 Å². The van der Waals surface area contributed by atoms with Crippen LogP contribution in [0.25, 0.3) is 55.6 Å². The van der Waals surface area contributed by atoms with Crippen molar-refractivity contribution in [3.8, 4) is 33.6 Å². The van der Waals surface area contributed by atoms with Crippen LogP contribution in [0.15, 0.2) is 138 Å². The molecule has 0 aliphatic carbocycles. The molecule has 5 heteroatoms. The van der Waals surface area contributed by atoms with E-state index < -0.39 is 8.07 Å². The molecule has 8 rings (SSSR count). The fraction of sp³-hybridized carbons (Fsp3) is 0.310. The minimum absolute atomic E-state index is 0. The fourth-order valence-electron chi connectivity index (χ4n) is 8.15. The second-order valence-corrected chi connectivity index (χ2v) is 26.3. The summed E-state index contributed by atoms with van der Waals surface area (Å²) < 4.78 is 6.61. The van der Waals surface area contributed by atoms with Gasteiger partial charge in [0.25, 0.3) is 0 Å². The Morgan fingerprint density at radius 3 is 1.92 bits per heavy atom. The molecular formula is C58H64IrN2OSi-2. The van der Waals surface area contributed by atoms with Crippen LogP contribution in [-0.2, 0) is 37.4 Å². The summed E-state index contributed by atoms with van der Waals surface area (Å²) in [6.07, 6.45) is 5.10. The third-order valence-corrected chi connectivity index (χ3v) is 13.8. The average molecular weight is 1030 g/mol. The van der Waals surface area contributed by atoms with Crippen LogP contribution >= 0.6 is 0 Å². The number of pyridine rings is 2. The zero-order valence-electron chi connectivity index (χ0n) is 39.6. The van der Waals surface area contributed by atoms with Crippen LogP contribution in [0.2, 0.25) is 19.6 Å². The zero-order chi connectivity index (χ0) is 44.6. The van der Waals surface area contributed by atoms with E-state index in [1.807, 2.05) is 30.5 Å². The quantitative estimate of drug-likeness (QED) is 0.118. The molecule has 5 aromatic carbocycles. The van der Waals surface area contributed by atoms with Crippen LogP contribution in [0.3, 0.4) is 0 Å². The summed E-state index contributed by atoms with van der Waals surface area (Å²) in [5.74, 6) is 0.261. The van der Waals surface area contributed by atoms with Crippen molar-refractivity contribution < 1.29 is 24.5 Å². The maximum atomic E-state index is 6.61. The summed E-state index contributed by atoms with van der Waals surface area (Å²) in [5.41, 5.74) is 15.0. The maximum absolute atomic E-state index is 6.61. The van der Waals surface area contributed by atoms with Crippen LogP contribution in [0.1, 0.15) is 103 Å². The van der Waals surface area contributed by atoms with Gasteiger partial charge >= 0.3 is 0 Å². The van der Waals surface area contributed by atoms with Gasteiger partial charge in [0.1, 0.15) is 5.58 Å². The molecule has 327 valence electrons. The Bertz CT molecular complexity index is 2780. The van der Waals surface area contributed by atoms with Crippen LogP contribution in [0, 0.1) is 17.5 Å². The summed E-state index contributed by atoms with van der Waals surface area (Å²) in [4.78, 5) is 9.45. The SMILES string of the molecule is CC(C)(C)Cc1cc(-c2[c-]cccc2)ncc1[Si](C)(C)C.CC(c1ccccc1)c1ccnc(-c2[c-]ccc3c2oc2cc(-c4cc(C(C)(C)C)cc(C(C)(C)C)c4)ccc23)c1.[Ir]. The van der Waals surface area contributed by atoms with Crippen molar-refractivity contribution >= 4 is 35.2 Å². The Kier molecular flexibility index (Phi) is 14.1. The Morgan fingerprint density at radius 2 is 1.30 bits per heavy atom. The molecular weight excluding hydrogens is 961 g/mol.